The molecule has 0 radical (unpaired) electrons. The van der Waals surface area contributed by atoms with E-state index in [2.05, 4.69) is 10.2 Å². The van der Waals surface area contributed by atoms with E-state index >= 15 is 0 Å². The van der Waals surface area contributed by atoms with Crippen molar-refractivity contribution in [3.8, 4) is 0 Å². The predicted octanol–water partition coefficient (Wildman–Crippen LogP) is 3.06. The summed E-state index contributed by atoms with van der Waals surface area (Å²) >= 11 is 6.07. The van der Waals surface area contributed by atoms with Gasteiger partial charge in [-0.15, -0.1) is 0 Å². The Morgan fingerprint density at radius 3 is 2.30 bits per heavy atom. The van der Waals surface area contributed by atoms with Crippen LogP contribution in [0.5, 0.6) is 0 Å². The van der Waals surface area contributed by atoms with Crippen LogP contribution in [-0.4, -0.2) is 54.3 Å². The number of halogens is 1. The standard InChI is InChI=1S/C21H24ClN3O2/c22-18-8-4-5-9-19(18)23-20(26)16-24-12-14-25(15-13-24)21(27)11-10-17-6-2-1-3-7-17/h1-9H,10-16H2,(H,23,26). The molecule has 1 N–H and O–H groups in total. The highest BCUT2D eigenvalue weighted by atomic mass is 35.5. The van der Waals surface area contributed by atoms with Gasteiger partial charge in [-0.2, -0.15) is 0 Å². The van der Waals surface area contributed by atoms with Gasteiger partial charge in [-0.05, 0) is 24.1 Å². The summed E-state index contributed by atoms with van der Waals surface area (Å²) in [6.07, 6.45) is 1.29. The van der Waals surface area contributed by atoms with E-state index in [0.29, 0.717) is 49.9 Å². The Hall–Kier alpha value is -2.37. The lowest BCUT2D eigenvalue weighted by atomic mass is 10.1. The lowest BCUT2D eigenvalue weighted by Crippen LogP contribution is -2.50. The summed E-state index contributed by atoms with van der Waals surface area (Å²) in [5.74, 6) is 0.0889. The SMILES string of the molecule is O=C(CN1CCN(C(=O)CCc2ccccc2)CC1)Nc1ccccc1Cl. The van der Waals surface area contributed by atoms with Crippen molar-refractivity contribution >= 4 is 29.1 Å². The average molecular weight is 386 g/mol. The summed E-state index contributed by atoms with van der Waals surface area (Å²) in [4.78, 5) is 28.6. The van der Waals surface area contributed by atoms with E-state index < -0.39 is 0 Å². The molecule has 2 amide bonds. The molecule has 0 unspecified atom stereocenters. The van der Waals surface area contributed by atoms with Gasteiger partial charge in [0, 0.05) is 32.6 Å². The van der Waals surface area contributed by atoms with Crippen LogP contribution < -0.4 is 5.32 Å². The van der Waals surface area contributed by atoms with Crippen molar-refractivity contribution in [3.05, 3.63) is 65.2 Å². The Labute approximate surface area is 164 Å². The van der Waals surface area contributed by atoms with Gasteiger partial charge in [-0.1, -0.05) is 54.1 Å². The molecule has 5 nitrogen and oxygen atoms in total. The van der Waals surface area contributed by atoms with Gasteiger partial charge in [0.25, 0.3) is 0 Å². The molecule has 27 heavy (non-hydrogen) atoms. The van der Waals surface area contributed by atoms with Gasteiger partial charge >= 0.3 is 0 Å². The highest BCUT2D eigenvalue weighted by molar-refractivity contribution is 6.33. The highest BCUT2D eigenvalue weighted by Crippen LogP contribution is 2.20. The van der Waals surface area contributed by atoms with Crippen molar-refractivity contribution < 1.29 is 9.59 Å². The zero-order valence-corrected chi connectivity index (χ0v) is 16.0. The molecule has 0 aromatic heterocycles. The second kappa shape index (κ2) is 9.53. The predicted molar refractivity (Wildman–Crippen MR) is 108 cm³/mol. The normalized spacial score (nSPS) is 14.8. The van der Waals surface area contributed by atoms with Gasteiger partial charge in [0.2, 0.25) is 11.8 Å². The van der Waals surface area contributed by atoms with Crippen LogP contribution in [0, 0.1) is 0 Å². The third-order valence-electron chi connectivity index (χ3n) is 4.71. The lowest BCUT2D eigenvalue weighted by Gasteiger charge is -2.34. The molecule has 0 atom stereocenters. The molecule has 2 aromatic rings. The number of rotatable bonds is 6. The number of nitrogens with zero attached hydrogens (tertiary/aromatic N) is 2. The summed E-state index contributed by atoms with van der Waals surface area (Å²) in [5, 5.41) is 3.36. The minimum atomic E-state index is -0.0908. The molecule has 1 fully saturated rings. The van der Waals surface area contributed by atoms with Crippen molar-refractivity contribution in [2.75, 3.05) is 38.0 Å². The van der Waals surface area contributed by atoms with E-state index in [1.807, 2.05) is 47.4 Å². The van der Waals surface area contributed by atoms with Gasteiger partial charge in [0.15, 0.2) is 0 Å². The summed E-state index contributed by atoms with van der Waals surface area (Å²) in [5.41, 5.74) is 1.81. The highest BCUT2D eigenvalue weighted by Gasteiger charge is 2.22. The Bertz CT molecular complexity index is 774. The first-order valence-electron chi connectivity index (χ1n) is 9.20. The maximum atomic E-state index is 12.4. The summed E-state index contributed by atoms with van der Waals surface area (Å²) in [6, 6.07) is 17.2. The van der Waals surface area contributed by atoms with Crippen LogP contribution in [0.15, 0.2) is 54.6 Å². The third kappa shape index (κ3) is 5.81. The zero-order chi connectivity index (χ0) is 19.1. The second-order valence-corrected chi connectivity index (χ2v) is 7.08. The van der Waals surface area contributed by atoms with Gasteiger partial charge in [0.1, 0.15) is 0 Å². The molecule has 1 saturated heterocycles. The van der Waals surface area contributed by atoms with E-state index in [4.69, 9.17) is 11.6 Å². The molecule has 1 heterocycles. The first-order valence-corrected chi connectivity index (χ1v) is 9.58. The van der Waals surface area contributed by atoms with Gasteiger partial charge in [-0.25, -0.2) is 0 Å². The van der Waals surface area contributed by atoms with Crippen molar-refractivity contribution in [2.45, 2.75) is 12.8 Å². The molecule has 3 rings (SSSR count). The molecule has 0 bridgehead atoms. The number of carbonyl (C=O) groups is 2. The topological polar surface area (TPSA) is 52.7 Å². The summed E-state index contributed by atoms with van der Waals surface area (Å²) < 4.78 is 0. The van der Waals surface area contributed by atoms with Crippen LogP contribution in [0.3, 0.4) is 0 Å². The van der Waals surface area contributed by atoms with Crippen molar-refractivity contribution in [2.24, 2.45) is 0 Å². The van der Waals surface area contributed by atoms with Crippen LogP contribution in [0.2, 0.25) is 5.02 Å². The van der Waals surface area contributed by atoms with Gasteiger partial charge in [-0.3, -0.25) is 14.5 Å². The number of para-hydroxylation sites is 1. The van der Waals surface area contributed by atoms with E-state index in [1.165, 1.54) is 5.56 Å². The lowest BCUT2D eigenvalue weighted by molar-refractivity contribution is -0.133. The van der Waals surface area contributed by atoms with E-state index in [9.17, 15) is 9.59 Å². The van der Waals surface area contributed by atoms with Crippen LogP contribution in [0.25, 0.3) is 0 Å². The number of aryl methyl sites for hydroxylation is 1. The Morgan fingerprint density at radius 2 is 1.59 bits per heavy atom. The van der Waals surface area contributed by atoms with Crippen LogP contribution in [0.4, 0.5) is 5.69 Å². The molecule has 1 aliphatic heterocycles. The minimum absolute atomic E-state index is 0.0908. The largest absolute Gasteiger partial charge is 0.340 e. The fraction of sp³-hybridized carbons (Fsp3) is 0.333. The van der Waals surface area contributed by atoms with Crippen LogP contribution >= 0.6 is 11.6 Å². The number of anilines is 1. The number of benzene rings is 2. The van der Waals surface area contributed by atoms with Crippen LogP contribution in [-0.2, 0) is 16.0 Å². The van der Waals surface area contributed by atoms with E-state index in [0.717, 1.165) is 6.42 Å². The Morgan fingerprint density at radius 1 is 0.926 bits per heavy atom. The maximum Gasteiger partial charge on any atom is 0.238 e. The molecule has 0 saturated carbocycles. The number of hydrogen-bond acceptors (Lipinski definition) is 3. The number of amides is 2. The van der Waals surface area contributed by atoms with E-state index in [-0.39, 0.29) is 11.8 Å². The quantitative estimate of drug-likeness (QED) is 0.831. The first kappa shape index (κ1) is 19.4. The molecule has 1 aliphatic rings. The molecular formula is C21H24ClN3O2. The number of nitrogens with one attached hydrogen (secondary N) is 1. The van der Waals surface area contributed by atoms with Crippen molar-refractivity contribution in [1.29, 1.82) is 0 Å². The van der Waals surface area contributed by atoms with Crippen molar-refractivity contribution in [1.82, 2.24) is 9.80 Å². The maximum absolute atomic E-state index is 12.4. The Kier molecular flexibility index (Phi) is 6.85. The summed E-state index contributed by atoms with van der Waals surface area (Å²) in [6.45, 7) is 3.03. The average Bonchev–Trinajstić information content (AvgIpc) is 2.69. The summed E-state index contributed by atoms with van der Waals surface area (Å²) in [7, 11) is 0. The molecule has 0 spiro atoms. The molecule has 6 heteroatoms. The fourth-order valence-electron chi connectivity index (χ4n) is 3.16. The van der Waals surface area contributed by atoms with E-state index in [1.54, 1.807) is 12.1 Å². The zero-order valence-electron chi connectivity index (χ0n) is 15.2. The molecule has 142 valence electrons. The van der Waals surface area contributed by atoms with Crippen molar-refractivity contribution in [3.63, 3.8) is 0 Å². The minimum Gasteiger partial charge on any atom is -0.340 e. The number of hydrogen-bond donors (Lipinski definition) is 1. The molecular weight excluding hydrogens is 362 g/mol. The van der Waals surface area contributed by atoms with Gasteiger partial charge in [0.05, 0.1) is 17.3 Å². The fourth-order valence-corrected chi connectivity index (χ4v) is 3.35. The van der Waals surface area contributed by atoms with Crippen LogP contribution in [0.1, 0.15) is 12.0 Å². The van der Waals surface area contributed by atoms with Gasteiger partial charge < -0.3 is 10.2 Å². The smallest absolute Gasteiger partial charge is 0.238 e. The number of piperazine rings is 1. The first-order chi connectivity index (χ1) is 13.1. The molecule has 0 aliphatic carbocycles. The second-order valence-electron chi connectivity index (χ2n) is 6.67. The third-order valence-corrected chi connectivity index (χ3v) is 5.04. The monoisotopic (exact) mass is 385 g/mol. The Balaban J connectivity index is 1.40. The number of carbonyl (C=O) groups excluding carboxylic acids is 2. The molecule has 2 aromatic carbocycles.